The zero-order chi connectivity index (χ0) is 20.4. The van der Waals surface area contributed by atoms with Gasteiger partial charge in [0.25, 0.3) is 0 Å². The Hall–Kier alpha value is -3.58. The Bertz CT molecular complexity index is 1160. The summed E-state index contributed by atoms with van der Waals surface area (Å²) in [7, 11) is 0. The van der Waals surface area contributed by atoms with Crippen LogP contribution < -0.4 is 4.90 Å². The molecular formula is C21H14ClFN4O2. The number of hydrogen-bond acceptors (Lipinski definition) is 5. The molecule has 29 heavy (non-hydrogen) atoms. The van der Waals surface area contributed by atoms with E-state index in [0.717, 1.165) is 4.90 Å². The molecule has 0 aliphatic carbocycles. The van der Waals surface area contributed by atoms with Crippen LogP contribution in [0.4, 0.5) is 16.0 Å². The molecule has 4 aromatic rings. The molecule has 2 aromatic carbocycles. The van der Waals surface area contributed by atoms with Crippen LogP contribution in [-0.2, 0) is 4.79 Å². The maximum atomic E-state index is 14.5. The summed E-state index contributed by atoms with van der Waals surface area (Å²) in [5.41, 5.74) is 2.11. The minimum absolute atomic E-state index is 0.0501. The number of carbonyl (C=O) groups is 1. The summed E-state index contributed by atoms with van der Waals surface area (Å²) in [5, 5.41) is 4.72. The molecule has 0 saturated heterocycles. The van der Waals surface area contributed by atoms with E-state index in [1.807, 2.05) is 0 Å². The number of amides is 1. The van der Waals surface area contributed by atoms with Gasteiger partial charge in [-0.05, 0) is 30.3 Å². The van der Waals surface area contributed by atoms with Gasteiger partial charge in [0.15, 0.2) is 0 Å². The lowest BCUT2D eigenvalue weighted by Crippen LogP contribution is -2.24. The molecule has 0 unspecified atom stereocenters. The Morgan fingerprint density at radius 1 is 1.10 bits per heavy atom. The zero-order valence-electron chi connectivity index (χ0n) is 15.2. The van der Waals surface area contributed by atoms with Crippen molar-refractivity contribution in [3.05, 3.63) is 78.0 Å². The van der Waals surface area contributed by atoms with Gasteiger partial charge >= 0.3 is 0 Å². The van der Waals surface area contributed by atoms with E-state index < -0.39 is 11.7 Å². The molecule has 144 valence electrons. The predicted molar refractivity (Wildman–Crippen MR) is 107 cm³/mol. The smallest absolute Gasteiger partial charge is 0.248 e. The number of halogens is 2. The molecule has 0 spiro atoms. The van der Waals surface area contributed by atoms with E-state index in [4.69, 9.17) is 16.1 Å². The quantitative estimate of drug-likeness (QED) is 0.459. The molecule has 0 saturated carbocycles. The fourth-order valence-electron chi connectivity index (χ4n) is 2.96. The summed E-state index contributed by atoms with van der Waals surface area (Å²) in [6.07, 6.45) is 2.94. The van der Waals surface area contributed by atoms with E-state index in [2.05, 4.69) is 15.1 Å². The molecule has 0 aliphatic rings. The van der Waals surface area contributed by atoms with E-state index in [9.17, 15) is 9.18 Å². The highest BCUT2D eigenvalue weighted by Crippen LogP contribution is 2.41. The summed E-state index contributed by atoms with van der Waals surface area (Å²) < 4.78 is 20.1. The van der Waals surface area contributed by atoms with Crippen LogP contribution in [0.2, 0.25) is 5.02 Å². The molecule has 0 bridgehead atoms. The topological polar surface area (TPSA) is 72.1 Å². The van der Waals surface area contributed by atoms with Crippen LogP contribution in [0, 0.1) is 5.82 Å². The van der Waals surface area contributed by atoms with Gasteiger partial charge in [0, 0.05) is 23.7 Å². The highest BCUT2D eigenvalue weighted by Gasteiger charge is 2.29. The predicted octanol–water partition coefficient (Wildman–Crippen LogP) is 5.28. The second-order valence-electron chi connectivity index (χ2n) is 6.12. The molecule has 2 aromatic heterocycles. The number of para-hydroxylation sites is 1. The van der Waals surface area contributed by atoms with Gasteiger partial charge in [-0.15, -0.1) is 0 Å². The molecular weight excluding hydrogens is 395 g/mol. The highest BCUT2D eigenvalue weighted by atomic mass is 35.5. The number of aromatic nitrogens is 3. The summed E-state index contributed by atoms with van der Waals surface area (Å²) in [6.45, 7) is 1.32. The Kier molecular flexibility index (Phi) is 5.05. The molecule has 1 amide bonds. The Morgan fingerprint density at radius 2 is 1.86 bits per heavy atom. The molecule has 0 N–H and O–H groups in total. The first kappa shape index (κ1) is 18.8. The van der Waals surface area contributed by atoms with Crippen LogP contribution in [-0.4, -0.2) is 21.0 Å². The van der Waals surface area contributed by atoms with Gasteiger partial charge in [0.1, 0.15) is 17.8 Å². The van der Waals surface area contributed by atoms with Crippen LogP contribution in [0.3, 0.4) is 0 Å². The lowest BCUT2D eigenvalue weighted by molar-refractivity contribution is -0.116. The van der Waals surface area contributed by atoms with Crippen LogP contribution >= 0.6 is 11.6 Å². The third kappa shape index (κ3) is 3.60. The number of rotatable bonds is 4. The van der Waals surface area contributed by atoms with Gasteiger partial charge in [0.05, 0.1) is 16.9 Å². The van der Waals surface area contributed by atoms with Crippen molar-refractivity contribution in [3.8, 4) is 22.5 Å². The van der Waals surface area contributed by atoms with Crippen LogP contribution in [0.5, 0.6) is 0 Å². The molecule has 0 aliphatic heterocycles. The normalized spacial score (nSPS) is 10.7. The van der Waals surface area contributed by atoms with E-state index in [0.29, 0.717) is 27.5 Å². The van der Waals surface area contributed by atoms with Gasteiger partial charge in [-0.25, -0.2) is 19.3 Å². The maximum Gasteiger partial charge on any atom is 0.248 e. The Balaban J connectivity index is 1.97. The highest BCUT2D eigenvalue weighted by molar-refractivity contribution is 6.30. The molecule has 8 heteroatoms. The number of carbonyl (C=O) groups excluding carboxylic acids is 1. The second kappa shape index (κ2) is 7.81. The Morgan fingerprint density at radius 3 is 2.52 bits per heavy atom. The zero-order valence-corrected chi connectivity index (χ0v) is 16.0. The molecule has 0 fully saturated rings. The van der Waals surface area contributed by atoms with E-state index in [-0.39, 0.29) is 11.6 Å². The fraction of sp³-hybridized carbons (Fsp3) is 0.0476. The minimum Gasteiger partial charge on any atom is -0.336 e. The lowest BCUT2D eigenvalue weighted by atomic mass is 10.0. The molecule has 0 atom stereocenters. The average Bonchev–Trinajstić information content (AvgIpc) is 3.15. The van der Waals surface area contributed by atoms with Gasteiger partial charge in [-0.2, -0.15) is 0 Å². The summed E-state index contributed by atoms with van der Waals surface area (Å²) >= 11 is 5.99. The van der Waals surface area contributed by atoms with E-state index in [1.165, 1.54) is 25.4 Å². The first-order valence-electron chi connectivity index (χ1n) is 8.63. The van der Waals surface area contributed by atoms with Gasteiger partial charge < -0.3 is 4.52 Å². The number of benzene rings is 2. The minimum atomic E-state index is -0.569. The first-order valence-corrected chi connectivity index (χ1v) is 9.01. The number of hydrogen-bond donors (Lipinski definition) is 0. The van der Waals surface area contributed by atoms with Crippen molar-refractivity contribution in [1.29, 1.82) is 0 Å². The van der Waals surface area contributed by atoms with Gasteiger partial charge in [-0.1, -0.05) is 41.0 Å². The van der Waals surface area contributed by atoms with Crippen molar-refractivity contribution >= 4 is 29.1 Å². The van der Waals surface area contributed by atoms with Crippen molar-refractivity contribution in [2.45, 2.75) is 6.92 Å². The lowest BCUT2D eigenvalue weighted by Gasteiger charge is -2.19. The maximum absolute atomic E-state index is 14.5. The van der Waals surface area contributed by atoms with Gasteiger partial charge in [0.2, 0.25) is 11.8 Å². The molecule has 2 heterocycles. The third-order valence-corrected chi connectivity index (χ3v) is 4.49. The number of nitrogens with zero attached hydrogens (tertiary/aromatic N) is 4. The average molecular weight is 409 g/mol. The largest absolute Gasteiger partial charge is 0.336 e. The molecule has 6 nitrogen and oxygen atoms in total. The number of anilines is 2. The molecule has 4 rings (SSSR count). The fourth-order valence-corrected chi connectivity index (χ4v) is 3.09. The van der Waals surface area contributed by atoms with Crippen molar-refractivity contribution in [3.63, 3.8) is 0 Å². The SMILES string of the molecule is CC(=O)N(c1ccccc1F)c1onc(-c2ccc(Cl)cc2)c1-c1ccncn1. The summed E-state index contributed by atoms with van der Waals surface area (Å²) in [4.78, 5) is 21.8. The molecule has 0 radical (unpaired) electrons. The van der Waals surface area contributed by atoms with Gasteiger partial charge in [-0.3, -0.25) is 4.79 Å². The van der Waals surface area contributed by atoms with Crippen molar-refractivity contribution in [2.75, 3.05) is 4.90 Å². The van der Waals surface area contributed by atoms with Crippen LogP contribution in [0.15, 0.2) is 71.6 Å². The summed E-state index contributed by atoms with van der Waals surface area (Å²) in [6, 6.07) is 14.6. The first-order chi connectivity index (χ1) is 14.1. The van der Waals surface area contributed by atoms with Crippen LogP contribution in [0.25, 0.3) is 22.5 Å². The monoisotopic (exact) mass is 408 g/mol. The van der Waals surface area contributed by atoms with Crippen molar-refractivity contribution in [1.82, 2.24) is 15.1 Å². The van der Waals surface area contributed by atoms with E-state index in [1.54, 1.807) is 48.7 Å². The van der Waals surface area contributed by atoms with Crippen LogP contribution in [0.1, 0.15) is 6.92 Å². The van der Waals surface area contributed by atoms with Crippen molar-refractivity contribution < 1.29 is 13.7 Å². The second-order valence-corrected chi connectivity index (χ2v) is 6.56. The third-order valence-electron chi connectivity index (χ3n) is 4.24. The van der Waals surface area contributed by atoms with E-state index >= 15 is 0 Å². The Labute approximate surface area is 170 Å². The summed E-state index contributed by atoms with van der Waals surface area (Å²) in [5.74, 6) is -0.948. The standard InChI is InChI=1S/C21H14ClFN4O2/c1-13(28)27(18-5-3-2-4-16(18)23)21-19(17-10-11-24-12-25-17)20(26-29-21)14-6-8-15(22)9-7-14/h2-12H,1H3. The van der Waals surface area contributed by atoms with Crippen molar-refractivity contribution in [2.24, 2.45) is 0 Å².